The third-order valence-electron chi connectivity index (χ3n) is 3.55. The number of aliphatic hydroxyl groups excluding tert-OH is 1. The Labute approximate surface area is 125 Å². The van der Waals surface area contributed by atoms with Gasteiger partial charge in [-0.05, 0) is 19.8 Å². The fraction of sp³-hybridized carbons (Fsp3) is 0.692. The Bertz CT molecular complexity index is 591. The van der Waals surface area contributed by atoms with Gasteiger partial charge in [0.05, 0.1) is 18.6 Å². The van der Waals surface area contributed by atoms with E-state index in [0.717, 1.165) is 18.5 Å². The molecule has 1 aromatic heterocycles. The minimum absolute atomic E-state index is 0.0314. The number of aryl methyl sites for hydroxylation is 1. The molecule has 0 bridgehead atoms. The van der Waals surface area contributed by atoms with E-state index >= 15 is 0 Å². The molecule has 2 heterocycles. The van der Waals surface area contributed by atoms with E-state index in [0.29, 0.717) is 31.3 Å². The Kier molecular flexibility index (Phi) is 5.13. The van der Waals surface area contributed by atoms with E-state index in [1.807, 2.05) is 13.0 Å². The van der Waals surface area contributed by atoms with Crippen molar-refractivity contribution >= 4 is 15.8 Å². The van der Waals surface area contributed by atoms with E-state index in [4.69, 9.17) is 5.11 Å². The van der Waals surface area contributed by atoms with E-state index in [1.54, 1.807) is 0 Å². The highest BCUT2D eigenvalue weighted by Gasteiger charge is 2.28. The standard InChI is InChI=1S/C13H22N4O3S/c1-10-15-12(8-13(16-10)14-5-7-18)11-4-3-6-17(9-11)21(2,19)20/h8,11,18H,3-7,9H2,1-2H3,(H,14,15,16). The maximum absolute atomic E-state index is 11.7. The van der Waals surface area contributed by atoms with Crippen molar-refractivity contribution < 1.29 is 13.5 Å². The molecule has 0 aliphatic carbocycles. The van der Waals surface area contributed by atoms with Gasteiger partial charge >= 0.3 is 0 Å². The van der Waals surface area contributed by atoms with E-state index in [9.17, 15) is 8.42 Å². The molecule has 0 saturated carbocycles. The van der Waals surface area contributed by atoms with E-state index in [2.05, 4.69) is 15.3 Å². The zero-order valence-corrected chi connectivity index (χ0v) is 13.2. The monoisotopic (exact) mass is 314 g/mol. The molecule has 1 aromatic rings. The molecule has 0 spiro atoms. The molecule has 2 N–H and O–H groups in total. The average molecular weight is 314 g/mol. The van der Waals surface area contributed by atoms with E-state index < -0.39 is 10.0 Å². The molecule has 1 aliphatic heterocycles. The number of aliphatic hydroxyl groups is 1. The summed E-state index contributed by atoms with van der Waals surface area (Å²) in [5.74, 6) is 1.40. The zero-order valence-electron chi connectivity index (χ0n) is 12.4. The van der Waals surface area contributed by atoms with Crippen LogP contribution < -0.4 is 5.32 Å². The maximum atomic E-state index is 11.7. The highest BCUT2D eigenvalue weighted by molar-refractivity contribution is 7.88. The minimum atomic E-state index is -3.16. The molecular formula is C13H22N4O3S. The Hall–Kier alpha value is -1.25. The summed E-state index contributed by atoms with van der Waals surface area (Å²) >= 11 is 0. The van der Waals surface area contributed by atoms with Crippen LogP contribution in [-0.4, -0.2) is 60.3 Å². The molecule has 21 heavy (non-hydrogen) atoms. The van der Waals surface area contributed by atoms with Crippen LogP contribution in [0.5, 0.6) is 0 Å². The summed E-state index contributed by atoms with van der Waals surface area (Å²) in [7, 11) is -3.16. The molecule has 2 rings (SSSR count). The van der Waals surface area contributed by atoms with Crippen LogP contribution in [0, 0.1) is 6.92 Å². The van der Waals surface area contributed by atoms with Crippen molar-refractivity contribution in [1.82, 2.24) is 14.3 Å². The number of nitrogens with one attached hydrogen (secondary N) is 1. The fourth-order valence-electron chi connectivity index (χ4n) is 2.56. The number of nitrogens with zero attached hydrogens (tertiary/aromatic N) is 3. The molecule has 8 heteroatoms. The van der Waals surface area contributed by atoms with Gasteiger partial charge in [-0.2, -0.15) is 0 Å². The number of rotatable bonds is 5. The Morgan fingerprint density at radius 2 is 2.24 bits per heavy atom. The molecule has 0 aromatic carbocycles. The van der Waals surface area contributed by atoms with Gasteiger partial charge in [-0.1, -0.05) is 0 Å². The first-order chi connectivity index (χ1) is 9.90. The van der Waals surface area contributed by atoms with Crippen LogP contribution in [0.1, 0.15) is 30.3 Å². The van der Waals surface area contributed by atoms with Gasteiger partial charge < -0.3 is 10.4 Å². The van der Waals surface area contributed by atoms with Crippen molar-refractivity contribution in [2.75, 3.05) is 37.8 Å². The summed E-state index contributed by atoms with van der Waals surface area (Å²) in [5, 5.41) is 11.9. The summed E-state index contributed by atoms with van der Waals surface area (Å²) in [6, 6.07) is 1.85. The van der Waals surface area contributed by atoms with Crippen LogP contribution >= 0.6 is 0 Å². The minimum Gasteiger partial charge on any atom is -0.395 e. The largest absolute Gasteiger partial charge is 0.395 e. The van der Waals surface area contributed by atoms with Crippen LogP contribution in [0.2, 0.25) is 0 Å². The molecule has 7 nitrogen and oxygen atoms in total. The van der Waals surface area contributed by atoms with Gasteiger partial charge in [0.2, 0.25) is 10.0 Å². The highest BCUT2D eigenvalue weighted by Crippen LogP contribution is 2.27. The summed E-state index contributed by atoms with van der Waals surface area (Å²) in [6.45, 7) is 3.31. The molecule has 1 aliphatic rings. The van der Waals surface area contributed by atoms with Gasteiger partial charge in [0.25, 0.3) is 0 Å². The lowest BCUT2D eigenvalue weighted by atomic mass is 9.96. The van der Waals surface area contributed by atoms with Crippen LogP contribution in [-0.2, 0) is 10.0 Å². The average Bonchev–Trinajstić information content (AvgIpc) is 2.44. The van der Waals surface area contributed by atoms with Crippen LogP contribution in [0.4, 0.5) is 5.82 Å². The first-order valence-corrected chi connectivity index (χ1v) is 8.90. The second-order valence-electron chi connectivity index (χ2n) is 5.34. The second-order valence-corrected chi connectivity index (χ2v) is 7.32. The molecule has 1 saturated heterocycles. The summed E-state index contributed by atoms with van der Waals surface area (Å²) < 4.78 is 24.9. The number of hydrogen-bond donors (Lipinski definition) is 2. The quantitative estimate of drug-likeness (QED) is 0.813. The van der Waals surface area contributed by atoms with Gasteiger partial charge in [-0.3, -0.25) is 0 Å². The third kappa shape index (κ3) is 4.36. The molecule has 118 valence electrons. The molecule has 1 unspecified atom stereocenters. The number of anilines is 1. The zero-order chi connectivity index (χ0) is 15.5. The van der Waals surface area contributed by atoms with Crippen LogP contribution in [0.25, 0.3) is 0 Å². The Morgan fingerprint density at radius 3 is 2.90 bits per heavy atom. The van der Waals surface area contributed by atoms with Crippen LogP contribution in [0.3, 0.4) is 0 Å². The second kappa shape index (κ2) is 6.67. The van der Waals surface area contributed by atoms with Gasteiger partial charge in [0.15, 0.2) is 0 Å². The smallest absolute Gasteiger partial charge is 0.211 e. The lowest BCUT2D eigenvalue weighted by molar-refractivity contribution is 0.310. The number of sulfonamides is 1. The van der Waals surface area contributed by atoms with Crippen molar-refractivity contribution in [2.24, 2.45) is 0 Å². The molecule has 1 atom stereocenters. The highest BCUT2D eigenvalue weighted by atomic mass is 32.2. The van der Waals surface area contributed by atoms with Gasteiger partial charge in [0.1, 0.15) is 11.6 Å². The van der Waals surface area contributed by atoms with Crippen molar-refractivity contribution in [2.45, 2.75) is 25.7 Å². The molecule has 0 amide bonds. The van der Waals surface area contributed by atoms with Gasteiger partial charge in [0, 0.05) is 31.6 Å². The SMILES string of the molecule is Cc1nc(NCCO)cc(C2CCCN(S(C)(=O)=O)C2)n1. The summed E-state index contributed by atoms with van der Waals surface area (Å²) in [4.78, 5) is 8.72. The summed E-state index contributed by atoms with van der Waals surface area (Å²) in [5.41, 5.74) is 0.858. The molecule has 1 fully saturated rings. The lowest BCUT2D eigenvalue weighted by Gasteiger charge is -2.30. The summed E-state index contributed by atoms with van der Waals surface area (Å²) in [6.07, 6.45) is 3.00. The maximum Gasteiger partial charge on any atom is 0.211 e. The number of piperidine rings is 1. The Balaban J connectivity index is 2.18. The van der Waals surface area contributed by atoms with Crippen molar-refractivity contribution in [3.8, 4) is 0 Å². The number of aromatic nitrogens is 2. The first-order valence-electron chi connectivity index (χ1n) is 7.05. The molecular weight excluding hydrogens is 292 g/mol. The van der Waals surface area contributed by atoms with Crippen molar-refractivity contribution in [3.63, 3.8) is 0 Å². The normalized spacial score (nSPS) is 20.4. The van der Waals surface area contributed by atoms with Crippen molar-refractivity contribution in [3.05, 3.63) is 17.6 Å². The fourth-order valence-corrected chi connectivity index (χ4v) is 3.47. The topological polar surface area (TPSA) is 95.4 Å². The Morgan fingerprint density at radius 1 is 1.48 bits per heavy atom. The molecule has 0 radical (unpaired) electrons. The van der Waals surface area contributed by atoms with Gasteiger partial charge in [-0.25, -0.2) is 22.7 Å². The van der Waals surface area contributed by atoms with Gasteiger partial charge in [-0.15, -0.1) is 0 Å². The predicted octanol–water partition coefficient (Wildman–Crippen LogP) is 0.328. The van der Waals surface area contributed by atoms with Crippen molar-refractivity contribution in [1.29, 1.82) is 0 Å². The third-order valence-corrected chi connectivity index (χ3v) is 4.82. The number of hydrogen-bond acceptors (Lipinski definition) is 6. The van der Waals surface area contributed by atoms with E-state index in [1.165, 1.54) is 10.6 Å². The first kappa shape index (κ1) is 16.1. The predicted molar refractivity (Wildman–Crippen MR) is 80.7 cm³/mol. The van der Waals surface area contributed by atoms with Crippen LogP contribution in [0.15, 0.2) is 6.07 Å². The lowest BCUT2D eigenvalue weighted by Crippen LogP contribution is -2.38. The van der Waals surface area contributed by atoms with E-state index in [-0.39, 0.29) is 12.5 Å².